The predicted octanol–water partition coefficient (Wildman–Crippen LogP) is 1.45. The van der Waals surface area contributed by atoms with E-state index in [1.165, 1.54) is 11.3 Å². The summed E-state index contributed by atoms with van der Waals surface area (Å²) in [5.74, 6) is -0.891. The third-order valence-corrected chi connectivity index (χ3v) is 3.07. The molecule has 0 aliphatic carbocycles. The Kier molecular flexibility index (Phi) is 1.49. The lowest BCUT2D eigenvalue weighted by atomic mass is 10.1. The number of thiophene rings is 1. The maximum absolute atomic E-state index is 10.9. The molecule has 1 fully saturated rings. The van der Waals surface area contributed by atoms with E-state index < -0.39 is 11.6 Å². The van der Waals surface area contributed by atoms with Gasteiger partial charge in [-0.25, -0.2) is 4.79 Å². The highest BCUT2D eigenvalue weighted by atomic mass is 32.1. The fourth-order valence-electron chi connectivity index (χ4n) is 1.32. The Bertz CT molecular complexity index is 306. The van der Waals surface area contributed by atoms with Crippen LogP contribution < -0.4 is 0 Å². The van der Waals surface area contributed by atoms with E-state index in [-0.39, 0.29) is 6.10 Å². The Labute approximate surface area is 73.6 Å². The fourth-order valence-corrected chi connectivity index (χ4v) is 2.26. The molecule has 1 N–H and O–H groups in total. The van der Waals surface area contributed by atoms with Crippen LogP contribution >= 0.6 is 11.3 Å². The van der Waals surface area contributed by atoms with E-state index in [0.29, 0.717) is 0 Å². The van der Waals surface area contributed by atoms with Crippen molar-refractivity contribution in [2.45, 2.75) is 18.6 Å². The van der Waals surface area contributed by atoms with Crippen molar-refractivity contribution in [3.8, 4) is 0 Å². The Balaban J connectivity index is 2.38. The summed E-state index contributed by atoms with van der Waals surface area (Å²) in [5.41, 5.74) is -1.03. The Hall–Kier alpha value is -0.870. The van der Waals surface area contributed by atoms with Gasteiger partial charge < -0.3 is 9.84 Å². The SMILES string of the molecule is CC1OC1(C(=O)O)c1cccs1. The average Bonchev–Trinajstić information content (AvgIpc) is 2.51. The number of carboxylic acid groups (broad SMARTS) is 1. The van der Waals surface area contributed by atoms with Crippen molar-refractivity contribution in [1.29, 1.82) is 0 Å². The smallest absolute Gasteiger partial charge is 0.344 e. The van der Waals surface area contributed by atoms with Gasteiger partial charge in [0.15, 0.2) is 0 Å². The number of hydrogen-bond acceptors (Lipinski definition) is 3. The molecule has 12 heavy (non-hydrogen) atoms. The molecule has 0 saturated carbocycles. The Morgan fingerprint density at radius 1 is 1.83 bits per heavy atom. The highest BCUT2D eigenvalue weighted by Gasteiger charge is 2.62. The zero-order chi connectivity index (χ0) is 8.77. The second kappa shape index (κ2) is 2.31. The van der Waals surface area contributed by atoms with Crippen molar-refractivity contribution in [2.75, 3.05) is 0 Å². The monoisotopic (exact) mass is 184 g/mol. The van der Waals surface area contributed by atoms with Crippen LogP contribution in [-0.2, 0) is 15.1 Å². The van der Waals surface area contributed by atoms with E-state index in [9.17, 15) is 4.79 Å². The summed E-state index contributed by atoms with van der Waals surface area (Å²) in [4.78, 5) is 11.7. The summed E-state index contributed by atoms with van der Waals surface area (Å²) in [7, 11) is 0. The molecule has 0 aromatic carbocycles. The van der Waals surface area contributed by atoms with Crippen LogP contribution in [0.4, 0.5) is 0 Å². The molecule has 1 saturated heterocycles. The second-order valence-corrected chi connectivity index (χ2v) is 3.73. The molecule has 2 atom stereocenters. The van der Waals surface area contributed by atoms with Crippen LogP contribution in [0, 0.1) is 0 Å². The maximum atomic E-state index is 10.9. The molecular formula is C8H8O3S. The normalized spacial score (nSPS) is 33.2. The summed E-state index contributed by atoms with van der Waals surface area (Å²) < 4.78 is 5.12. The molecule has 2 heterocycles. The first kappa shape index (κ1) is 7.76. The Morgan fingerprint density at radius 3 is 2.83 bits per heavy atom. The summed E-state index contributed by atoms with van der Waals surface area (Å²) >= 11 is 1.42. The van der Waals surface area contributed by atoms with Crippen molar-refractivity contribution in [1.82, 2.24) is 0 Å². The van der Waals surface area contributed by atoms with Gasteiger partial charge in [0, 0.05) is 0 Å². The molecule has 0 amide bonds. The van der Waals surface area contributed by atoms with E-state index in [4.69, 9.17) is 9.84 Å². The van der Waals surface area contributed by atoms with Gasteiger partial charge in [-0.05, 0) is 18.4 Å². The molecule has 2 unspecified atom stereocenters. The van der Waals surface area contributed by atoms with E-state index in [1.807, 2.05) is 11.4 Å². The first-order valence-corrected chi connectivity index (χ1v) is 4.51. The molecule has 1 aliphatic heterocycles. The fraction of sp³-hybridized carbons (Fsp3) is 0.375. The van der Waals surface area contributed by atoms with Gasteiger partial charge in [-0.3, -0.25) is 0 Å². The summed E-state index contributed by atoms with van der Waals surface area (Å²) in [6.45, 7) is 1.77. The minimum Gasteiger partial charge on any atom is -0.479 e. The minimum atomic E-state index is -1.03. The zero-order valence-electron chi connectivity index (χ0n) is 6.48. The third-order valence-electron chi connectivity index (χ3n) is 2.08. The minimum absolute atomic E-state index is 0.200. The number of hydrogen-bond donors (Lipinski definition) is 1. The van der Waals surface area contributed by atoms with Gasteiger partial charge in [0.25, 0.3) is 0 Å². The van der Waals surface area contributed by atoms with E-state index >= 15 is 0 Å². The predicted molar refractivity (Wildman–Crippen MR) is 44.2 cm³/mol. The molecular weight excluding hydrogens is 176 g/mol. The van der Waals surface area contributed by atoms with Gasteiger partial charge in [0.05, 0.1) is 4.88 Å². The molecule has 0 spiro atoms. The molecule has 2 rings (SSSR count). The van der Waals surface area contributed by atoms with Crippen molar-refractivity contribution in [3.63, 3.8) is 0 Å². The van der Waals surface area contributed by atoms with Crippen LogP contribution in [0.5, 0.6) is 0 Å². The number of carboxylic acids is 1. The van der Waals surface area contributed by atoms with Crippen molar-refractivity contribution < 1.29 is 14.6 Å². The largest absolute Gasteiger partial charge is 0.479 e. The molecule has 1 aromatic heterocycles. The second-order valence-electron chi connectivity index (χ2n) is 2.78. The zero-order valence-corrected chi connectivity index (χ0v) is 7.30. The summed E-state index contributed by atoms with van der Waals surface area (Å²) in [5, 5.41) is 10.8. The van der Waals surface area contributed by atoms with Crippen LogP contribution in [0.1, 0.15) is 11.8 Å². The molecule has 64 valence electrons. The van der Waals surface area contributed by atoms with E-state index in [0.717, 1.165) is 4.88 Å². The van der Waals surface area contributed by atoms with Crippen LogP contribution in [0.25, 0.3) is 0 Å². The van der Waals surface area contributed by atoms with Gasteiger partial charge in [-0.2, -0.15) is 0 Å². The van der Waals surface area contributed by atoms with E-state index in [2.05, 4.69) is 0 Å². The van der Waals surface area contributed by atoms with Crippen molar-refractivity contribution in [3.05, 3.63) is 22.4 Å². The number of epoxide rings is 1. The lowest BCUT2D eigenvalue weighted by molar-refractivity contribution is -0.143. The standard InChI is InChI=1S/C8H8O3S/c1-5-8(11-5,7(9)10)6-3-2-4-12-6/h2-5H,1H3,(H,9,10). The molecule has 4 heteroatoms. The van der Waals surface area contributed by atoms with Gasteiger partial charge in [-0.1, -0.05) is 6.07 Å². The van der Waals surface area contributed by atoms with Crippen molar-refractivity contribution in [2.24, 2.45) is 0 Å². The quantitative estimate of drug-likeness (QED) is 0.707. The molecule has 0 radical (unpaired) electrons. The van der Waals surface area contributed by atoms with Gasteiger partial charge in [0.2, 0.25) is 5.60 Å². The van der Waals surface area contributed by atoms with Crippen molar-refractivity contribution >= 4 is 17.3 Å². The molecule has 1 aliphatic rings. The Morgan fingerprint density at radius 2 is 2.50 bits per heavy atom. The highest BCUT2D eigenvalue weighted by molar-refractivity contribution is 7.10. The van der Waals surface area contributed by atoms with Gasteiger partial charge >= 0.3 is 5.97 Å². The first-order valence-electron chi connectivity index (χ1n) is 3.63. The lowest BCUT2D eigenvalue weighted by Gasteiger charge is -2.02. The topological polar surface area (TPSA) is 49.8 Å². The van der Waals surface area contributed by atoms with Gasteiger partial charge in [0.1, 0.15) is 6.10 Å². The summed E-state index contributed by atoms with van der Waals surface area (Å²) in [6.07, 6.45) is -0.200. The first-order chi connectivity index (χ1) is 5.68. The van der Waals surface area contributed by atoms with Crippen LogP contribution in [-0.4, -0.2) is 17.2 Å². The van der Waals surface area contributed by atoms with Gasteiger partial charge in [-0.15, -0.1) is 11.3 Å². The number of carbonyl (C=O) groups is 1. The average molecular weight is 184 g/mol. The van der Waals surface area contributed by atoms with E-state index in [1.54, 1.807) is 13.0 Å². The third kappa shape index (κ3) is 0.820. The molecule has 3 nitrogen and oxygen atoms in total. The molecule has 0 bridgehead atoms. The summed E-state index contributed by atoms with van der Waals surface area (Å²) in [6, 6.07) is 3.63. The maximum Gasteiger partial charge on any atom is 0.344 e. The number of ether oxygens (including phenoxy) is 1. The number of aliphatic carboxylic acids is 1. The lowest BCUT2D eigenvalue weighted by Crippen LogP contribution is -2.22. The van der Waals surface area contributed by atoms with Crippen LogP contribution in [0.15, 0.2) is 17.5 Å². The van der Waals surface area contributed by atoms with Crippen LogP contribution in [0.2, 0.25) is 0 Å². The highest BCUT2D eigenvalue weighted by Crippen LogP contribution is 2.47. The number of rotatable bonds is 2. The van der Waals surface area contributed by atoms with Crippen LogP contribution in [0.3, 0.4) is 0 Å². The molecule has 1 aromatic rings.